The highest BCUT2D eigenvalue weighted by molar-refractivity contribution is 7.90. The smallest absolute Gasteiger partial charge is 0.225 e. The van der Waals surface area contributed by atoms with Crippen molar-refractivity contribution in [3.8, 4) is 11.5 Å². The van der Waals surface area contributed by atoms with Crippen molar-refractivity contribution in [1.29, 1.82) is 0 Å². The molecule has 1 atom stereocenters. The standard InChI is InChI=1S/C19H22N2O4S/c1-26(23,24)18-6-2-5-17(13-18)25-16-9-7-14(8-10-16)21-19(22)12-15-4-3-11-20-15/h2,5-10,13,15,20H,3-4,11-12H2,1H3,(H,21,22). The maximum absolute atomic E-state index is 12.0. The van der Waals surface area contributed by atoms with Gasteiger partial charge in [-0.05, 0) is 61.9 Å². The van der Waals surface area contributed by atoms with Gasteiger partial charge in [-0.25, -0.2) is 8.42 Å². The van der Waals surface area contributed by atoms with Gasteiger partial charge in [-0.3, -0.25) is 4.79 Å². The molecule has 1 heterocycles. The number of rotatable bonds is 6. The predicted octanol–water partition coefficient (Wildman–Crippen LogP) is 2.96. The van der Waals surface area contributed by atoms with Gasteiger partial charge in [0.2, 0.25) is 5.91 Å². The zero-order chi connectivity index (χ0) is 18.6. The Kier molecular flexibility index (Phi) is 5.58. The summed E-state index contributed by atoms with van der Waals surface area (Å²) in [5, 5.41) is 6.18. The highest BCUT2D eigenvalue weighted by atomic mass is 32.2. The van der Waals surface area contributed by atoms with Gasteiger partial charge in [-0.1, -0.05) is 6.07 Å². The Morgan fingerprint density at radius 1 is 1.19 bits per heavy atom. The fourth-order valence-corrected chi connectivity index (χ4v) is 3.53. The zero-order valence-corrected chi connectivity index (χ0v) is 15.4. The SMILES string of the molecule is CS(=O)(=O)c1cccc(Oc2ccc(NC(=O)CC3CCCN3)cc2)c1. The molecule has 0 radical (unpaired) electrons. The van der Waals surface area contributed by atoms with E-state index in [1.54, 1.807) is 36.4 Å². The number of sulfone groups is 1. The Balaban J connectivity index is 1.60. The van der Waals surface area contributed by atoms with Crippen LogP contribution in [0.15, 0.2) is 53.4 Å². The minimum Gasteiger partial charge on any atom is -0.457 e. The Hall–Kier alpha value is -2.38. The molecule has 0 saturated carbocycles. The van der Waals surface area contributed by atoms with Gasteiger partial charge in [0, 0.05) is 24.4 Å². The van der Waals surface area contributed by atoms with Crippen molar-refractivity contribution in [3.05, 3.63) is 48.5 Å². The maximum Gasteiger partial charge on any atom is 0.225 e. The average Bonchev–Trinajstić information content (AvgIpc) is 3.09. The predicted molar refractivity (Wildman–Crippen MR) is 100 cm³/mol. The minimum absolute atomic E-state index is 0.0149. The highest BCUT2D eigenvalue weighted by Crippen LogP contribution is 2.25. The van der Waals surface area contributed by atoms with E-state index in [2.05, 4.69) is 10.6 Å². The van der Waals surface area contributed by atoms with E-state index in [9.17, 15) is 13.2 Å². The lowest BCUT2D eigenvalue weighted by molar-refractivity contribution is -0.116. The van der Waals surface area contributed by atoms with Crippen LogP contribution in [0.3, 0.4) is 0 Å². The molecule has 1 saturated heterocycles. The molecule has 1 amide bonds. The topological polar surface area (TPSA) is 84.5 Å². The van der Waals surface area contributed by atoms with E-state index in [0.29, 0.717) is 23.6 Å². The van der Waals surface area contributed by atoms with Crippen LogP contribution >= 0.6 is 0 Å². The molecule has 0 bridgehead atoms. The Morgan fingerprint density at radius 3 is 2.62 bits per heavy atom. The second-order valence-corrected chi connectivity index (χ2v) is 8.43. The molecule has 1 aliphatic rings. The molecule has 1 unspecified atom stereocenters. The number of anilines is 1. The number of hydrogen-bond donors (Lipinski definition) is 2. The van der Waals surface area contributed by atoms with Crippen molar-refractivity contribution in [2.75, 3.05) is 18.1 Å². The summed E-state index contributed by atoms with van der Waals surface area (Å²) in [5.74, 6) is 0.988. The van der Waals surface area contributed by atoms with Crippen LogP contribution in [-0.4, -0.2) is 33.2 Å². The first kappa shape index (κ1) is 18.4. The molecule has 2 N–H and O–H groups in total. The van der Waals surface area contributed by atoms with Gasteiger partial charge in [-0.2, -0.15) is 0 Å². The van der Waals surface area contributed by atoms with Crippen LogP contribution in [0.1, 0.15) is 19.3 Å². The number of benzene rings is 2. The van der Waals surface area contributed by atoms with Gasteiger partial charge in [-0.15, -0.1) is 0 Å². The summed E-state index contributed by atoms with van der Waals surface area (Å²) >= 11 is 0. The summed E-state index contributed by atoms with van der Waals surface area (Å²) in [6, 6.07) is 13.6. The van der Waals surface area contributed by atoms with Crippen molar-refractivity contribution in [2.45, 2.75) is 30.2 Å². The third-order valence-electron chi connectivity index (χ3n) is 4.20. The van der Waals surface area contributed by atoms with Gasteiger partial charge in [0.25, 0.3) is 0 Å². The molecule has 1 fully saturated rings. The largest absolute Gasteiger partial charge is 0.457 e. The van der Waals surface area contributed by atoms with Crippen molar-refractivity contribution in [3.63, 3.8) is 0 Å². The summed E-state index contributed by atoms with van der Waals surface area (Å²) in [4.78, 5) is 12.2. The van der Waals surface area contributed by atoms with Gasteiger partial charge >= 0.3 is 0 Å². The van der Waals surface area contributed by atoms with Crippen LogP contribution in [0.25, 0.3) is 0 Å². The molecule has 6 nitrogen and oxygen atoms in total. The number of nitrogens with one attached hydrogen (secondary N) is 2. The Labute approximate surface area is 153 Å². The van der Waals surface area contributed by atoms with Crippen LogP contribution in [0, 0.1) is 0 Å². The van der Waals surface area contributed by atoms with E-state index in [1.807, 2.05) is 0 Å². The van der Waals surface area contributed by atoms with E-state index >= 15 is 0 Å². The van der Waals surface area contributed by atoms with Crippen LogP contribution in [-0.2, 0) is 14.6 Å². The lowest BCUT2D eigenvalue weighted by Gasteiger charge is -2.11. The van der Waals surface area contributed by atoms with Gasteiger partial charge in [0.15, 0.2) is 9.84 Å². The van der Waals surface area contributed by atoms with Crippen molar-refractivity contribution in [2.24, 2.45) is 0 Å². The molecule has 26 heavy (non-hydrogen) atoms. The number of amides is 1. The average molecular weight is 374 g/mol. The van der Waals surface area contributed by atoms with Crippen LogP contribution in [0.2, 0.25) is 0 Å². The van der Waals surface area contributed by atoms with Crippen LogP contribution in [0.4, 0.5) is 5.69 Å². The first-order valence-corrected chi connectivity index (χ1v) is 10.4. The first-order valence-electron chi connectivity index (χ1n) is 8.51. The van der Waals surface area contributed by atoms with E-state index in [1.165, 1.54) is 12.1 Å². The lowest BCUT2D eigenvalue weighted by atomic mass is 10.1. The molecule has 7 heteroatoms. The number of ether oxygens (including phenoxy) is 1. The second-order valence-electron chi connectivity index (χ2n) is 6.42. The Bertz CT molecular complexity index is 873. The quantitative estimate of drug-likeness (QED) is 0.812. The van der Waals surface area contributed by atoms with Crippen molar-refractivity contribution in [1.82, 2.24) is 5.32 Å². The number of carbonyl (C=O) groups excluding carboxylic acids is 1. The third kappa shape index (κ3) is 5.06. The highest BCUT2D eigenvalue weighted by Gasteiger charge is 2.17. The number of hydrogen-bond acceptors (Lipinski definition) is 5. The zero-order valence-electron chi connectivity index (χ0n) is 14.6. The molecule has 2 aromatic carbocycles. The summed E-state index contributed by atoms with van der Waals surface area (Å²) in [7, 11) is -3.28. The van der Waals surface area contributed by atoms with Crippen molar-refractivity contribution < 1.29 is 17.9 Å². The first-order chi connectivity index (χ1) is 12.4. The molecule has 0 aromatic heterocycles. The van der Waals surface area contributed by atoms with Crippen LogP contribution < -0.4 is 15.4 Å². The summed E-state index contributed by atoms with van der Waals surface area (Å²) < 4.78 is 28.9. The molecule has 0 spiro atoms. The van der Waals surface area contributed by atoms with Gasteiger partial charge < -0.3 is 15.4 Å². The molecule has 0 aliphatic carbocycles. The molecule has 1 aliphatic heterocycles. The van der Waals surface area contributed by atoms with E-state index in [-0.39, 0.29) is 16.8 Å². The maximum atomic E-state index is 12.0. The Morgan fingerprint density at radius 2 is 1.96 bits per heavy atom. The van der Waals surface area contributed by atoms with Gasteiger partial charge in [0.05, 0.1) is 4.90 Å². The molecule has 2 aromatic rings. The fourth-order valence-electron chi connectivity index (χ4n) is 2.88. The van der Waals surface area contributed by atoms with Crippen LogP contribution in [0.5, 0.6) is 11.5 Å². The molecule has 3 rings (SSSR count). The minimum atomic E-state index is -3.28. The van der Waals surface area contributed by atoms with Gasteiger partial charge in [0.1, 0.15) is 11.5 Å². The summed E-state index contributed by atoms with van der Waals surface area (Å²) in [6.07, 6.45) is 3.78. The lowest BCUT2D eigenvalue weighted by Crippen LogP contribution is -2.27. The fraction of sp³-hybridized carbons (Fsp3) is 0.316. The molecular formula is C19H22N2O4S. The molecule has 138 valence electrons. The second kappa shape index (κ2) is 7.88. The monoisotopic (exact) mass is 374 g/mol. The normalized spacial score (nSPS) is 17.0. The van der Waals surface area contributed by atoms with E-state index in [0.717, 1.165) is 25.6 Å². The molecular weight excluding hydrogens is 352 g/mol. The van der Waals surface area contributed by atoms with E-state index < -0.39 is 9.84 Å². The summed E-state index contributed by atoms with van der Waals surface area (Å²) in [5.41, 5.74) is 0.699. The third-order valence-corrected chi connectivity index (χ3v) is 5.31. The van der Waals surface area contributed by atoms with E-state index in [4.69, 9.17) is 4.74 Å². The number of carbonyl (C=O) groups is 1. The van der Waals surface area contributed by atoms with Crippen molar-refractivity contribution >= 4 is 21.4 Å². The summed E-state index contributed by atoms with van der Waals surface area (Å²) in [6.45, 7) is 0.977.